The Bertz CT molecular complexity index is 575. The van der Waals surface area contributed by atoms with Crippen molar-refractivity contribution in [3.63, 3.8) is 0 Å². The lowest BCUT2D eigenvalue weighted by Gasteiger charge is -2.17. The predicted octanol–water partition coefficient (Wildman–Crippen LogP) is 3.23. The molecule has 7 heteroatoms. The summed E-state index contributed by atoms with van der Waals surface area (Å²) in [5.41, 5.74) is 0.998. The first-order chi connectivity index (χ1) is 13.2. The number of aliphatic imine (C=N–C) groups is 1. The van der Waals surface area contributed by atoms with Gasteiger partial charge in [0.15, 0.2) is 5.96 Å². The summed E-state index contributed by atoms with van der Waals surface area (Å²) >= 11 is 0. The first-order valence-electron chi connectivity index (χ1n) is 10.3. The van der Waals surface area contributed by atoms with Crippen molar-refractivity contribution in [1.82, 2.24) is 20.5 Å². The van der Waals surface area contributed by atoms with E-state index in [2.05, 4.69) is 20.6 Å². The molecule has 0 spiro atoms. The monoisotopic (exact) mass is 501 g/mol. The van der Waals surface area contributed by atoms with Crippen LogP contribution in [0.15, 0.2) is 29.4 Å². The standard InChI is InChI=1S/C21H35N5O.HI/c1-3-22-21(24-15-8-11-18-9-4-5-10-18)25-17-20(27)26(2)16-13-19-12-6-7-14-23-19;/h6-7,12,14,18H,3-5,8-11,13,15-17H2,1-2H3,(H2,22,24,25);1H. The molecule has 1 amide bonds. The molecule has 1 saturated carbocycles. The van der Waals surface area contributed by atoms with Gasteiger partial charge in [0.05, 0.1) is 0 Å². The summed E-state index contributed by atoms with van der Waals surface area (Å²) < 4.78 is 0. The molecule has 0 bridgehead atoms. The second kappa shape index (κ2) is 14.6. The summed E-state index contributed by atoms with van der Waals surface area (Å²) in [7, 11) is 1.82. The second-order valence-electron chi connectivity index (χ2n) is 7.30. The molecule has 0 atom stereocenters. The molecule has 1 fully saturated rings. The van der Waals surface area contributed by atoms with Crippen LogP contribution in [0, 0.1) is 5.92 Å². The minimum absolute atomic E-state index is 0. The molecule has 6 nitrogen and oxygen atoms in total. The lowest BCUT2D eigenvalue weighted by Crippen LogP contribution is -2.39. The van der Waals surface area contributed by atoms with E-state index in [-0.39, 0.29) is 36.4 Å². The van der Waals surface area contributed by atoms with Crippen LogP contribution in [0.2, 0.25) is 0 Å². The van der Waals surface area contributed by atoms with E-state index in [1.165, 1.54) is 32.1 Å². The molecule has 1 aromatic rings. The van der Waals surface area contributed by atoms with Gasteiger partial charge < -0.3 is 15.5 Å². The molecule has 0 unspecified atom stereocenters. The van der Waals surface area contributed by atoms with Gasteiger partial charge in [-0.15, -0.1) is 24.0 Å². The van der Waals surface area contributed by atoms with E-state index in [1.807, 2.05) is 32.2 Å². The Morgan fingerprint density at radius 1 is 1.29 bits per heavy atom. The molecule has 1 heterocycles. The van der Waals surface area contributed by atoms with E-state index >= 15 is 0 Å². The Morgan fingerprint density at radius 3 is 2.75 bits per heavy atom. The number of likely N-dealkylation sites (N-methyl/N-ethyl adjacent to an activating group) is 1. The number of hydrogen-bond donors (Lipinski definition) is 2. The van der Waals surface area contributed by atoms with Gasteiger partial charge in [0.1, 0.15) is 6.54 Å². The van der Waals surface area contributed by atoms with Gasteiger partial charge in [-0.3, -0.25) is 9.78 Å². The van der Waals surface area contributed by atoms with Crippen LogP contribution in [0.4, 0.5) is 0 Å². The zero-order valence-electron chi connectivity index (χ0n) is 17.3. The van der Waals surface area contributed by atoms with Gasteiger partial charge in [0, 0.05) is 45.0 Å². The van der Waals surface area contributed by atoms with Gasteiger partial charge in [-0.25, -0.2) is 4.99 Å². The van der Waals surface area contributed by atoms with Crippen molar-refractivity contribution in [2.75, 3.05) is 33.2 Å². The number of nitrogens with one attached hydrogen (secondary N) is 2. The maximum Gasteiger partial charge on any atom is 0.244 e. The highest BCUT2D eigenvalue weighted by atomic mass is 127. The largest absolute Gasteiger partial charge is 0.357 e. The number of pyridine rings is 1. The van der Waals surface area contributed by atoms with Crippen molar-refractivity contribution in [3.8, 4) is 0 Å². The molecular weight excluding hydrogens is 465 g/mol. The van der Waals surface area contributed by atoms with Crippen molar-refractivity contribution < 1.29 is 4.79 Å². The number of aromatic nitrogens is 1. The quantitative estimate of drug-likeness (QED) is 0.224. The number of amides is 1. The van der Waals surface area contributed by atoms with E-state index in [9.17, 15) is 4.79 Å². The van der Waals surface area contributed by atoms with E-state index < -0.39 is 0 Å². The summed E-state index contributed by atoms with van der Waals surface area (Å²) in [6.07, 6.45) is 10.6. The molecule has 0 aromatic carbocycles. The first kappa shape index (κ1) is 24.7. The third-order valence-electron chi connectivity index (χ3n) is 5.13. The number of guanidine groups is 1. The van der Waals surface area contributed by atoms with Gasteiger partial charge >= 0.3 is 0 Å². The Hall–Kier alpha value is -1.38. The summed E-state index contributed by atoms with van der Waals surface area (Å²) in [5.74, 6) is 1.67. The van der Waals surface area contributed by atoms with E-state index in [0.29, 0.717) is 6.54 Å². The number of halogens is 1. The first-order valence-corrected chi connectivity index (χ1v) is 10.3. The second-order valence-corrected chi connectivity index (χ2v) is 7.30. The Labute approximate surface area is 187 Å². The Kier molecular flexibility index (Phi) is 12.9. The smallest absolute Gasteiger partial charge is 0.244 e. The molecule has 158 valence electrons. The minimum atomic E-state index is 0. The van der Waals surface area contributed by atoms with Crippen molar-refractivity contribution in [3.05, 3.63) is 30.1 Å². The average Bonchev–Trinajstić information content (AvgIpc) is 3.21. The number of carbonyl (C=O) groups is 1. The zero-order chi connectivity index (χ0) is 19.3. The van der Waals surface area contributed by atoms with Crippen LogP contribution in [0.1, 0.15) is 51.1 Å². The molecular formula is C21H36IN5O. The molecule has 0 radical (unpaired) electrons. The van der Waals surface area contributed by atoms with Crippen LogP contribution < -0.4 is 10.6 Å². The van der Waals surface area contributed by atoms with Crippen molar-refractivity contribution in [1.29, 1.82) is 0 Å². The maximum absolute atomic E-state index is 12.3. The van der Waals surface area contributed by atoms with Crippen molar-refractivity contribution >= 4 is 35.8 Å². The third kappa shape index (κ3) is 9.71. The highest BCUT2D eigenvalue weighted by Crippen LogP contribution is 2.28. The number of carbonyl (C=O) groups excluding carboxylic acids is 1. The Balaban J connectivity index is 0.00000392. The lowest BCUT2D eigenvalue weighted by atomic mass is 10.0. The van der Waals surface area contributed by atoms with Crippen LogP contribution in [-0.2, 0) is 11.2 Å². The Morgan fingerprint density at radius 2 is 2.07 bits per heavy atom. The normalized spacial score (nSPS) is 14.4. The molecule has 1 aliphatic rings. The van der Waals surface area contributed by atoms with Gasteiger partial charge in [-0.05, 0) is 37.8 Å². The van der Waals surface area contributed by atoms with Crippen LogP contribution >= 0.6 is 24.0 Å². The summed E-state index contributed by atoms with van der Waals surface area (Å²) in [6.45, 7) is 4.55. The van der Waals surface area contributed by atoms with Crippen molar-refractivity contribution in [2.45, 2.75) is 51.9 Å². The summed E-state index contributed by atoms with van der Waals surface area (Å²) in [5, 5.41) is 6.58. The topological polar surface area (TPSA) is 69.6 Å². The molecule has 0 saturated heterocycles. The minimum Gasteiger partial charge on any atom is -0.357 e. The van der Waals surface area contributed by atoms with Crippen LogP contribution in [0.25, 0.3) is 0 Å². The molecule has 28 heavy (non-hydrogen) atoms. The van der Waals surface area contributed by atoms with E-state index in [4.69, 9.17) is 0 Å². The molecule has 2 N–H and O–H groups in total. The molecule has 1 aromatic heterocycles. The summed E-state index contributed by atoms with van der Waals surface area (Å²) in [4.78, 5) is 22.8. The van der Waals surface area contributed by atoms with Gasteiger partial charge in [-0.1, -0.05) is 31.7 Å². The molecule has 1 aliphatic carbocycles. The molecule has 0 aliphatic heterocycles. The highest BCUT2D eigenvalue weighted by Gasteiger charge is 2.14. The van der Waals surface area contributed by atoms with Crippen molar-refractivity contribution in [2.24, 2.45) is 10.9 Å². The number of rotatable bonds is 10. The maximum atomic E-state index is 12.3. The fourth-order valence-corrected chi connectivity index (χ4v) is 3.46. The predicted molar refractivity (Wildman–Crippen MR) is 126 cm³/mol. The SMILES string of the molecule is CCNC(=NCC(=O)N(C)CCc1ccccn1)NCCCC1CCCC1.I. The zero-order valence-corrected chi connectivity index (χ0v) is 19.7. The fourth-order valence-electron chi connectivity index (χ4n) is 3.46. The average molecular weight is 501 g/mol. The van der Waals surface area contributed by atoms with Gasteiger partial charge in [-0.2, -0.15) is 0 Å². The van der Waals surface area contributed by atoms with E-state index in [1.54, 1.807) is 11.1 Å². The van der Waals surface area contributed by atoms with Crippen LogP contribution in [0.3, 0.4) is 0 Å². The lowest BCUT2D eigenvalue weighted by molar-refractivity contribution is -0.128. The summed E-state index contributed by atoms with van der Waals surface area (Å²) in [6, 6.07) is 5.85. The molecule has 2 rings (SSSR count). The number of hydrogen-bond acceptors (Lipinski definition) is 3. The van der Waals surface area contributed by atoms with Gasteiger partial charge in [0.25, 0.3) is 0 Å². The van der Waals surface area contributed by atoms with Gasteiger partial charge in [0.2, 0.25) is 5.91 Å². The fraction of sp³-hybridized carbons (Fsp3) is 0.667. The highest BCUT2D eigenvalue weighted by molar-refractivity contribution is 14.0. The van der Waals surface area contributed by atoms with E-state index in [0.717, 1.165) is 43.5 Å². The van der Waals surface area contributed by atoms with Crippen LogP contribution in [-0.4, -0.2) is 55.0 Å². The third-order valence-corrected chi connectivity index (χ3v) is 5.13. The number of nitrogens with zero attached hydrogens (tertiary/aromatic N) is 3. The van der Waals surface area contributed by atoms with Crippen LogP contribution in [0.5, 0.6) is 0 Å².